The van der Waals surface area contributed by atoms with Crippen molar-refractivity contribution in [1.29, 1.82) is 0 Å². The molecule has 0 bridgehead atoms. The van der Waals surface area contributed by atoms with Crippen molar-refractivity contribution in [2.24, 2.45) is 5.92 Å². The second-order valence-electron chi connectivity index (χ2n) is 8.61. The third kappa shape index (κ3) is 5.07. The minimum absolute atomic E-state index is 0.0476. The van der Waals surface area contributed by atoms with Crippen LogP contribution in [0, 0.1) is 16.0 Å². The Morgan fingerprint density at radius 3 is 2.61 bits per heavy atom. The second kappa shape index (κ2) is 9.78. The molecule has 1 amide bonds. The topological polar surface area (TPSA) is 78.7 Å². The number of piperidine rings is 1. The molecule has 3 heterocycles. The molecule has 166 valence electrons. The summed E-state index contributed by atoms with van der Waals surface area (Å²) in [5.74, 6) is 0.427. The minimum Gasteiger partial charge on any atom is -0.371 e. The van der Waals surface area contributed by atoms with Gasteiger partial charge in [0.2, 0.25) is 0 Å². The number of thiophene rings is 1. The van der Waals surface area contributed by atoms with Crippen molar-refractivity contribution >= 4 is 28.6 Å². The average Bonchev–Trinajstić information content (AvgIpc) is 3.49. The monoisotopic (exact) mass is 442 g/mol. The Balaban J connectivity index is 1.54. The van der Waals surface area contributed by atoms with Gasteiger partial charge in [0.05, 0.1) is 22.2 Å². The smallest absolute Gasteiger partial charge is 0.270 e. The van der Waals surface area contributed by atoms with Crippen molar-refractivity contribution in [1.82, 2.24) is 10.2 Å². The third-order valence-corrected chi connectivity index (χ3v) is 7.44. The lowest BCUT2D eigenvalue weighted by Gasteiger charge is -2.33. The molecule has 1 aromatic heterocycles. The number of non-ortho nitro benzene ring substituents is 1. The molecule has 31 heavy (non-hydrogen) atoms. The molecule has 1 aromatic carbocycles. The van der Waals surface area contributed by atoms with Gasteiger partial charge in [-0.15, -0.1) is 11.3 Å². The van der Waals surface area contributed by atoms with Crippen LogP contribution in [0.1, 0.15) is 53.9 Å². The maximum Gasteiger partial charge on any atom is 0.270 e. The van der Waals surface area contributed by atoms with Gasteiger partial charge in [-0.05, 0) is 62.2 Å². The van der Waals surface area contributed by atoms with Gasteiger partial charge in [0, 0.05) is 36.6 Å². The number of nitrogens with one attached hydrogen (secondary N) is 1. The number of anilines is 1. The molecular weight excluding hydrogens is 412 g/mol. The summed E-state index contributed by atoms with van der Waals surface area (Å²) in [6.45, 7) is 6.54. The molecule has 0 spiro atoms. The lowest BCUT2D eigenvalue weighted by Crippen LogP contribution is -2.38. The Morgan fingerprint density at radius 1 is 1.23 bits per heavy atom. The van der Waals surface area contributed by atoms with Gasteiger partial charge in [0.15, 0.2) is 0 Å². The summed E-state index contributed by atoms with van der Waals surface area (Å²) in [6.07, 6.45) is 4.48. The molecule has 1 atom stereocenters. The molecule has 2 saturated heterocycles. The Labute approximate surface area is 187 Å². The molecule has 0 radical (unpaired) electrons. The quantitative estimate of drug-likeness (QED) is 0.506. The maximum atomic E-state index is 13.3. The Bertz CT molecular complexity index is 904. The number of amides is 1. The molecule has 2 aromatic rings. The molecule has 2 aliphatic heterocycles. The van der Waals surface area contributed by atoms with Gasteiger partial charge >= 0.3 is 0 Å². The van der Waals surface area contributed by atoms with E-state index in [2.05, 4.69) is 33.5 Å². The van der Waals surface area contributed by atoms with E-state index >= 15 is 0 Å². The van der Waals surface area contributed by atoms with E-state index in [1.54, 1.807) is 17.4 Å². The van der Waals surface area contributed by atoms with Crippen LogP contribution >= 0.6 is 11.3 Å². The lowest BCUT2D eigenvalue weighted by atomic mass is 9.98. The molecule has 2 fully saturated rings. The molecule has 0 aliphatic carbocycles. The van der Waals surface area contributed by atoms with E-state index in [-0.39, 0.29) is 17.6 Å². The van der Waals surface area contributed by atoms with E-state index in [0.29, 0.717) is 18.0 Å². The summed E-state index contributed by atoms with van der Waals surface area (Å²) in [5.41, 5.74) is 1.15. The first kappa shape index (κ1) is 21.8. The molecule has 1 unspecified atom stereocenters. The van der Waals surface area contributed by atoms with E-state index in [1.807, 2.05) is 6.07 Å². The van der Waals surface area contributed by atoms with E-state index < -0.39 is 4.92 Å². The van der Waals surface area contributed by atoms with Crippen LogP contribution in [-0.4, -0.2) is 48.5 Å². The molecule has 1 N–H and O–H groups in total. The van der Waals surface area contributed by atoms with Crippen LogP contribution in [0.2, 0.25) is 0 Å². The fraction of sp³-hybridized carbons (Fsp3) is 0.522. The number of carbonyl (C=O) groups excluding carboxylic acids is 1. The fourth-order valence-electron chi connectivity index (χ4n) is 4.57. The zero-order valence-electron chi connectivity index (χ0n) is 18.0. The van der Waals surface area contributed by atoms with Gasteiger partial charge in [0.1, 0.15) is 0 Å². The number of rotatable bonds is 7. The first-order chi connectivity index (χ1) is 15.0. The highest BCUT2D eigenvalue weighted by molar-refractivity contribution is 7.10. The Hall–Kier alpha value is -2.45. The average molecular weight is 443 g/mol. The molecule has 0 saturated carbocycles. The fourth-order valence-corrected chi connectivity index (χ4v) is 5.43. The molecule has 7 nitrogen and oxygen atoms in total. The van der Waals surface area contributed by atoms with E-state index in [0.717, 1.165) is 44.7 Å². The highest BCUT2D eigenvalue weighted by Crippen LogP contribution is 2.31. The summed E-state index contributed by atoms with van der Waals surface area (Å²) >= 11 is 1.71. The summed E-state index contributed by atoms with van der Waals surface area (Å²) in [6, 6.07) is 8.97. The van der Waals surface area contributed by atoms with Crippen molar-refractivity contribution in [3.05, 3.63) is 56.3 Å². The van der Waals surface area contributed by atoms with Crippen LogP contribution in [0.5, 0.6) is 0 Å². The number of benzene rings is 1. The van der Waals surface area contributed by atoms with Crippen molar-refractivity contribution in [3.8, 4) is 0 Å². The van der Waals surface area contributed by atoms with Crippen molar-refractivity contribution < 1.29 is 9.72 Å². The lowest BCUT2D eigenvalue weighted by molar-refractivity contribution is -0.384. The number of nitrogens with zero attached hydrogens (tertiary/aromatic N) is 3. The molecular formula is C23H30N4O3S. The van der Waals surface area contributed by atoms with Gasteiger partial charge in [-0.2, -0.15) is 0 Å². The summed E-state index contributed by atoms with van der Waals surface area (Å²) < 4.78 is 0. The van der Waals surface area contributed by atoms with Crippen LogP contribution in [-0.2, 0) is 0 Å². The van der Waals surface area contributed by atoms with Crippen LogP contribution in [0.15, 0.2) is 35.7 Å². The van der Waals surface area contributed by atoms with Crippen LogP contribution < -0.4 is 10.2 Å². The van der Waals surface area contributed by atoms with E-state index in [1.165, 1.54) is 29.9 Å². The third-order valence-electron chi connectivity index (χ3n) is 6.47. The van der Waals surface area contributed by atoms with Crippen LogP contribution in [0.3, 0.4) is 0 Å². The molecule has 2 aliphatic rings. The van der Waals surface area contributed by atoms with Crippen molar-refractivity contribution in [2.75, 3.05) is 37.6 Å². The van der Waals surface area contributed by atoms with Crippen LogP contribution in [0.4, 0.5) is 11.4 Å². The number of carbonyl (C=O) groups is 1. The highest BCUT2D eigenvalue weighted by atomic mass is 32.1. The number of nitro groups is 1. The van der Waals surface area contributed by atoms with Gasteiger partial charge in [-0.1, -0.05) is 13.0 Å². The van der Waals surface area contributed by atoms with Gasteiger partial charge < -0.3 is 10.2 Å². The Kier molecular flexibility index (Phi) is 6.87. The zero-order valence-corrected chi connectivity index (χ0v) is 18.8. The minimum atomic E-state index is -0.433. The normalized spacial score (nSPS) is 18.8. The number of nitro benzene ring substituents is 1. The predicted molar refractivity (Wildman–Crippen MR) is 124 cm³/mol. The van der Waals surface area contributed by atoms with E-state index in [9.17, 15) is 14.9 Å². The molecule has 4 rings (SSSR count). The SMILES string of the molecule is CC1CCN(c2ccc([N+](=O)[O-])cc2C(=O)NCC(c2cccs2)N2CCCC2)CC1. The highest BCUT2D eigenvalue weighted by Gasteiger charge is 2.27. The van der Waals surface area contributed by atoms with Gasteiger partial charge in [0.25, 0.3) is 11.6 Å². The van der Waals surface area contributed by atoms with Crippen LogP contribution in [0.25, 0.3) is 0 Å². The number of hydrogen-bond donors (Lipinski definition) is 1. The van der Waals surface area contributed by atoms with E-state index in [4.69, 9.17) is 0 Å². The predicted octanol–water partition coefficient (Wildman–Crippen LogP) is 4.46. The largest absolute Gasteiger partial charge is 0.371 e. The van der Waals surface area contributed by atoms with Gasteiger partial charge in [-0.25, -0.2) is 0 Å². The summed E-state index contributed by atoms with van der Waals surface area (Å²) in [5, 5.41) is 16.5. The second-order valence-corrected chi connectivity index (χ2v) is 9.59. The Morgan fingerprint density at radius 2 is 1.97 bits per heavy atom. The first-order valence-corrected chi connectivity index (χ1v) is 12.0. The summed E-state index contributed by atoms with van der Waals surface area (Å²) in [7, 11) is 0. The first-order valence-electron chi connectivity index (χ1n) is 11.1. The zero-order chi connectivity index (χ0) is 21.8. The summed E-state index contributed by atoms with van der Waals surface area (Å²) in [4.78, 5) is 30.0. The number of hydrogen-bond acceptors (Lipinski definition) is 6. The number of likely N-dealkylation sites (tertiary alicyclic amines) is 1. The van der Waals surface area contributed by atoms with Crippen molar-refractivity contribution in [2.45, 2.75) is 38.6 Å². The molecule has 8 heteroatoms. The van der Waals surface area contributed by atoms with Crippen molar-refractivity contribution in [3.63, 3.8) is 0 Å². The maximum absolute atomic E-state index is 13.3. The van der Waals surface area contributed by atoms with Gasteiger partial charge in [-0.3, -0.25) is 19.8 Å². The standard InChI is InChI=1S/C23H30N4O3S/c1-17-8-12-26(13-9-17)20-7-6-18(27(29)30)15-19(20)23(28)24-16-21(22-5-4-14-31-22)25-10-2-3-11-25/h4-7,14-15,17,21H,2-3,8-13,16H2,1H3,(H,24,28).